The van der Waals surface area contributed by atoms with Gasteiger partial charge in [0, 0.05) is 13.0 Å². The highest BCUT2D eigenvalue weighted by Gasteiger charge is 2.38. The number of aliphatic hydroxyl groups is 1. The highest BCUT2D eigenvalue weighted by atomic mass is 32.2. The molecule has 0 fully saturated rings. The number of carbonyl (C=O) groups excluding carboxylic acids is 1. The molecule has 8 nitrogen and oxygen atoms in total. The van der Waals surface area contributed by atoms with Gasteiger partial charge >= 0.3 is 6.09 Å². The van der Waals surface area contributed by atoms with Gasteiger partial charge < -0.3 is 20.3 Å². The zero-order chi connectivity index (χ0) is 23.9. The van der Waals surface area contributed by atoms with Gasteiger partial charge in [0.15, 0.2) is 0 Å². The summed E-state index contributed by atoms with van der Waals surface area (Å²) in [6, 6.07) is 14.3. The van der Waals surface area contributed by atoms with Gasteiger partial charge in [0.2, 0.25) is 10.0 Å². The molecule has 3 N–H and O–H groups in total. The third-order valence-electron chi connectivity index (χ3n) is 5.09. The molecule has 0 spiro atoms. The van der Waals surface area contributed by atoms with Crippen LogP contribution in [0.25, 0.3) is 0 Å². The van der Waals surface area contributed by atoms with Crippen LogP contribution >= 0.6 is 0 Å². The van der Waals surface area contributed by atoms with Crippen LogP contribution in [0, 0.1) is 5.92 Å². The smallest absolute Gasteiger partial charge is 0.404 e. The number of rotatable bonds is 11. The second kappa shape index (κ2) is 11.3. The number of hydrogen-bond donors (Lipinski definition) is 2. The van der Waals surface area contributed by atoms with E-state index in [-0.39, 0.29) is 23.8 Å². The molecule has 2 aromatic rings. The molecule has 2 aromatic carbocycles. The van der Waals surface area contributed by atoms with Crippen molar-refractivity contribution in [3.8, 4) is 5.75 Å². The van der Waals surface area contributed by atoms with Crippen molar-refractivity contribution in [1.82, 2.24) is 4.31 Å². The number of hydrogen-bond acceptors (Lipinski definition) is 6. The van der Waals surface area contributed by atoms with E-state index in [1.165, 1.54) is 23.5 Å². The number of benzene rings is 2. The quantitative estimate of drug-likeness (QED) is 0.528. The van der Waals surface area contributed by atoms with Gasteiger partial charge in [0.25, 0.3) is 0 Å². The van der Waals surface area contributed by atoms with Crippen LogP contribution in [0.4, 0.5) is 4.79 Å². The molecule has 0 heterocycles. The van der Waals surface area contributed by atoms with Gasteiger partial charge in [0.1, 0.15) is 18.0 Å². The van der Waals surface area contributed by atoms with Crippen LogP contribution in [0.15, 0.2) is 59.5 Å². The molecule has 0 aliphatic rings. The Kier molecular flexibility index (Phi) is 9.06. The van der Waals surface area contributed by atoms with Crippen molar-refractivity contribution >= 4 is 16.1 Å². The average Bonchev–Trinajstić information content (AvgIpc) is 2.76. The molecule has 0 bridgehead atoms. The maximum absolute atomic E-state index is 13.5. The lowest BCUT2D eigenvalue weighted by atomic mass is 9.99. The van der Waals surface area contributed by atoms with E-state index in [9.17, 15) is 18.3 Å². The Balaban J connectivity index is 2.37. The maximum Gasteiger partial charge on any atom is 0.404 e. The van der Waals surface area contributed by atoms with Crippen LogP contribution in [-0.4, -0.2) is 55.8 Å². The number of aliphatic hydroxyl groups excluding tert-OH is 1. The molecule has 0 aromatic heterocycles. The van der Waals surface area contributed by atoms with Gasteiger partial charge in [0.05, 0.1) is 18.0 Å². The summed E-state index contributed by atoms with van der Waals surface area (Å²) < 4.78 is 38.5. The summed E-state index contributed by atoms with van der Waals surface area (Å²) in [4.78, 5) is 11.6. The summed E-state index contributed by atoms with van der Waals surface area (Å²) >= 11 is 0. The number of sulfonamides is 1. The fraction of sp³-hybridized carbons (Fsp3) is 0.435. The summed E-state index contributed by atoms with van der Waals surface area (Å²) in [7, 11) is -2.46. The summed E-state index contributed by atoms with van der Waals surface area (Å²) in [5.74, 6) is 0.521. The SMILES string of the molecule is COc1ccc(S(=O)(=O)N(CC(C)C)C(C)[C@@H](O)[C@H](Cc2ccccc2)OC(N)=O)cc1. The van der Waals surface area contributed by atoms with E-state index >= 15 is 0 Å². The molecular formula is C23H32N2O6S. The van der Waals surface area contributed by atoms with Gasteiger partial charge in [-0.3, -0.25) is 0 Å². The number of amides is 1. The van der Waals surface area contributed by atoms with Crippen molar-refractivity contribution in [2.45, 2.75) is 50.3 Å². The fourth-order valence-electron chi connectivity index (χ4n) is 3.43. The van der Waals surface area contributed by atoms with E-state index in [1.54, 1.807) is 19.1 Å². The monoisotopic (exact) mass is 464 g/mol. The number of nitrogens with two attached hydrogens (primary N) is 1. The van der Waals surface area contributed by atoms with Crippen molar-refractivity contribution in [2.75, 3.05) is 13.7 Å². The Morgan fingerprint density at radius 1 is 1.06 bits per heavy atom. The second-order valence-corrected chi connectivity index (χ2v) is 9.93. The molecule has 0 aliphatic heterocycles. The maximum atomic E-state index is 13.5. The molecule has 0 aliphatic carbocycles. The van der Waals surface area contributed by atoms with Crippen LogP contribution in [0.2, 0.25) is 0 Å². The summed E-state index contributed by atoms with van der Waals surface area (Å²) in [5.41, 5.74) is 6.05. The lowest BCUT2D eigenvalue weighted by Gasteiger charge is -2.35. The van der Waals surface area contributed by atoms with E-state index in [4.69, 9.17) is 15.2 Å². The van der Waals surface area contributed by atoms with E-state index in [0.717, 1.165) is 5.56 Å². The Labute approximate surface area is 190 Å². The molecule has 3 atom stereocenters. The molecular weight excluding hydrogens is 432 g/mol. The minimum atomic E-state index is -3.95. The van der Waals surface area contributed by atoms with E-state index in [2.05, 4.69) is 0 Å². The first-order valence-electron chi connectivity index (χ1n) is 10.4. The number of carbonyl (C=O) groups is 1. The average molecular weight is 465 g/mol. The van der Waals surface area contributed by atoms with Crippen molar-refractivity contribution < 1.29 is 27.8 Å². The minimum Gasteiger partial charge on any atom is -0.497 e. The van der Waals surface area contributed by atoms with E-state index in [0.29, 0.717) is 5.75 Å². The molecule has 0 saturated heterocycles. The van der Waals surface area contributed by atoms with Crippen LogP contribution in [0.1, 0.15) is 26.3 Å². The number of primary amides is 1. The zero-order valence-electron chi connectivity index (χ0n) is 18.8. The third-order valence-corrected chi connectivity index (χ3v) is 7.05. The largest absolute Gasteiger partial charge is 0.497 e. The molecule has 0 saturated carbocycles. The molecule has 2 rings (SSSR count). The first kappa shape index (κ1) is 25.6. The third kappa shape index (κ3) is 6.69. The van der Waals surface area contributed by atoms with Gasteiger partial charge in [-0.15, -0.1) is 0 Å². The molecule has 32 heavy (non-hydrogen) atoms. The first-order valence-corrected chi connectivity index (χ1v) is 11.8. The molecule has 176 valence electrons. The lowest BCUT2D eigenvalue weighted by molar-refractivity contribution is -0.0242. The first-order chi connectivity index (χ1) is 15.1. The zero-order valence-corrected chi connectivity index (χ0v) is 19.7. The normalized spacial score (nSPS) is 14.7. The van der Waals surface area contributed by atoms with Crippen LogP contribution in [0.3, 0.4) is 0 Å². The minimum absolute atomic E-state index is 0.0118. The molecule has 1 amide bonds. The number of ether oxygens (including phenoxy) is 2. The Hall–Kier alpha value is -2.62. The molecule has 9 heteroatoms. The van der Waals surface area contributed by atoms with E-state index < -0.39 is 34.4 Å². The molecule has 0 radical (unpaired) electrons. The lowest BCUT2D eigenvalue weighted by Crippen LogP contribution is -2.52. The molecule has 1 unspecified atom stereocenters. The topological polar surface area (TPSA) is 119 Å². The number of nitrogens with zero attached hydrogens (tertiary/aromatic N) is 1. The predicted molar refractivity (Wildman–Crippen MR) is 122 cm³/mol. The summed E-state index contributed by atoms with van der Waals surface area (Å²) in [6.07, 6.45) is -3.18. The predicted octanol–water partition coefficient (Wildman–Crippen LogP) is 2.80. The van der Waals surface area contributed by atoms with Crippen LogP contribution in [0.5, 0.6) is 5.75 Å². The van der Waals surface area contributed by atoms with Crippen molar-refractivity contribution in [1.29, 1.82) is 0 Å². The van der Waals surface area contributed by atoms with Crippen molar-refractivity contribution in [3.05, 3.63) is 60.2 Å². The Morgan fingerprint density at radius 3 is 2.16 bits per heavy atom. The summed E-state index contributed by atoms with van der Waals surface area (Å²) in [6.45, 7) is 5.53. The van der Waals surface area contributed by atoms with Crippen molar-refractivity contribution in [2.24, 2.45) is 11.7 Å². The Morgan fingerprint density at radius 2 is 1.66 bits per heavy atom. The van der Waals surface area contributed by atoms with Crippen LogP contribution < -0.4 is 10.5 Å². The second-order valence-electron chi connectivity index (χ2n) is 8.04. The number of methoxy groups -OCH3 is 1. The standard InChI is InChI=1S/C23H32N2O6S/c1-16(2)15-25(32(28,29)20-12-10-19(30-4)11-13-20)17(3)22(26)21(31-23(24)27)14-18-8-6-5-7-9-18/h5-13,16-17,21-22,26H,14-15H2,1-4H3,(H2,24,27)/t17?,21-,22+/m0/s1. The van der Waals surface area contributed by atoms with Crippen LogP contribution in [-0.2, 0) is 21.2 Å². The summed E-state index contributed by atoms with van der Waals surface area (Å²) in [5, 5.41) is 11.1. The fourth-order valence-corrected chi connectivity index (χ4v) is 5.24. The van der Waals surface area contributed by atoms with Gasteiger partial charge in [-0.05, 0) is 42.7 Å². The van der Waals surface area contributed by atoms with Crippen molar-refractivity contribution in [3.63, 3.8) is 0 Å². The highest BCUT2D eigenvalue weighted by Crippen LogP contribution is 2.25. The van der Waals surface area contributed by atoms with E-state index in [1.807, 2.05) is 44.2 Å². The van der Waals surface area contributed by atoms with Gasteiger partial charge in [-0.1, -0.05) is 44.2 Å². The van der Waals surface area contributed by atoms with Gasteiger partial charge in [-0.25, -0.2) is 13.2 Å². The van der Waals surface area contributed by atoms with Gasteiger partial charge in [-0.2, -0.15) is 4.31 Å². The highest BCUT2D eigenvalue weighted by molar-refractivity contribution is 7.89. The Bertz CT molecular complexity index is 964.